The predicted molar refractivity (Wildman–Crippen MR) is 74.4 cm³/mol. The summed E-state index contributed by atoms with van der Waals surface area (Å²) in [4.78, 5) is 0.0971. The van der Waals surface area contributed by atoms with Crippen LogP contribution in [0.1, 0.15) is 13.8 Å². The molecule has 0 bridgehead atoms. The van der Waals surface area contributed by atoms with Crippen LogP contribution in [0.2, 0.25) is 0 Å². The van der Waals surface area contributed by atoms with E-state index in [0.29, 0.717) is 0 Å². The first-order chi connectivity index (χ1) is 8.16. The third kappa shape index (κ3) is 3.25. The lowest BCUT2D eigenvalue weighted by Crippen LogP contribution is -2.47. The number of hydrogen-bond donors (Lipinski definition) is 2. The first-order valence-electron chi connectivity index (χ1n) is 5.03. The van der Waals surface area contributed by atoms with E-state index < -0.39 is 16.1 Å². The van der Waals surface area contributed by atoms with Gasteiger partial charge in [0.05, 0.1) is 11.0 Å². The fraction of sp³-hybridized carbons (Fsp3) is 0.625. The Morgan fingerprint density at radius 2 is 2.11 bits per heavy atom. The molecule has 1 unspecified atom stereocenters. The van der Waals surface area contributed by atoms with Gasteiger partial charge in [0.1, 0.15) is 0 Å². The zero-order valence-corrected chi connectivity index (χ0v) is 13.3. The summed E-state index contributed by atoms with van der Waals surface area (Å²) < 4.78 is 28.1. The average molecular weight is 356 g/mol. The number of aryl methyl sites for hydroxylation is 1. The van der Waals surface area contributed by atoms with Crippen LogP contribution in [0.25, 0.3) is 0 Å². The number of nitrogens with one attached hydrogen (secondary N) is 1. The molecular weight excluding hydrogens is 342 g/mol. The fourth-order valence-electron chi connectivity index (χ4n) is 1.35. The minimum Gasteiger partial charge on any atom is -0.392 e. The summed E-state index contributed by atoms with van der Waals surface area (Å²) in [5, 5.41) is 7.18. The molecule has 0 radical (unpaired) electrons. The minimum atomic E-state index is -3.79. The van der Waals surface area contributed by atoms with E-state index in [2.05, 4.69) is 31.0 Å². The highest BCUT2D eigenvalue weighted by atomic mass is 79.9. The molecule has 0 aliphatic rings. The van der Waals surface area contributed by atoms with Gasteiger partial charge in [0, 0.05) is 7.05 Å². The van der Waals surface area contributed by atoms with Crippen molar-refractivity contribution in [1.29, 1.82) is 0 Å². The summed E-state index contributed by atoms with van der Waals surface area (Å²) in [7, 11) is -2.31. The monoisotopic (exact) mass is 355 g/mol. The Balaban J connectivity index is 3.13. The molecule has 0 fully saturated rings. The van der Waals surface area contributed by atoms with Crippen molar-refractivity contribution in [1.82, 2.24) is 19.7 Å². The predicted octanol–water partition coefficient (Wildman–Crippen LogP) is 0.167. The minimum absolute atomic E-state index is 0.0581. The zero-order chi connectivity index (χ0) is 14.1. The number of aromatic nitrogens is 3. The Kier molecular flexibility index (Phi) is 4.81. The van der Waals surface area contributed by atoms with E-state index in [4.69, 9.17) is 18.0 Å². The van der Waals surface area contributed by atoms with E-state index in [-0.39, 0.29) is 20.5 Å². The van der Waals surface area contributed by atoms with Gasteiger partial charge in [0.15, 0.2) is 4.60 Å². The van der Waals surface area contributed by atoms with Gasteiger partial charge in [-0.05, 0) is 21.8 Å². The van der Waals surface area contributed by atoms with Crippen molar-refractivity contribution >= 4 is 43.2 Å². The number of halogens is 1. The highest BCUT2D eigenvalue weighted by Gasteiger charge is 2.29. The Labute approximate surface area is 119 Å². The van der Waals surface area contributed by atoms with Crippen molar-refractivity contribution in [2.45, 2.75) is 24.9 Å². The smallest absolute Gasteiger partial charge is 0.261 e. The zero-order valence-electron chi connectivity index (χ0n) is 10.1. The van der Waals surface area contributed by atoms with Crippen molar-refractivity contribution in [2.75, 3.05) is 0 Å². The van der Waals surface area contributed by atoms with Gasteiger partial charge in [-0.1, -0.05) is 31.3 Å². The lowest BCUT2D eigenvalue weighted by Gasteiger charge is -2.20. The maximum atomic E-state index is 12.2. The largest absolute Gasteiger partial charge is 0.392 e. The number of hydrogen-bond acceptors (Lipinski definition) is 5. The van der Waals surface area contributed by atoms with Gasteiger partial charge in [0.25, 0.3) is 10.0 Å². The summed E-state index contributed by atoms with van der Waals surface area (Å²) in [5.41, 5.74) is 5.53. The summed E-state index contributed by atoms with van der Waals surface area (Å²) in [6.07, 6.45) is 0. The molecule has 0 saturated heterocycles. The van der Waals surface area contributed by atoms with Crippen molar-refractivity contribution in [3.63, 3.8) is 0 Å². The average Bonchev–Trinajstić information content (AvgIpc) is 2.54. The summed E-state index contributed by atoms with van der Waals surface area (Å²) >= 11 is 7.90. The standard InChI is InChI=1S/C8H14BrN5O2S2/c1-4(2)5(7(10)17)12-18(15,16)8-6(9)11-13-14(8)3/h4-5,12H,1-3H3,(H2,10,17). The van der Waals surface area contributed by atoms with Gasteiger partial charge in [-0.15, -0.1) is 5.10 Å². The molecule has 0 saturated carbocycles. The van der Waals surface area contributed by atoms with Crippen LogP contribution < -0.4 is 10.5 Å². The molecule has 102 valence electrons. The van der Waals surface area contributed by atoms with Gasteiger partial charge in [-0.2, -0.15) is 4.72 Å². The highest BCUT2D eigenvalue weighted by molar-refractivity contribution is 9.10. The number of nitrogens with two attached hydrogens (primary N) is 1. The van der Waals surface area contributed by atoms with Gasteiger partial charge < -0.3 is 5.73 Å². The van der Waals surface area contributed by atoms with Crippen molar-refractivity contribution < 1.29 is 8.42 Å². The molecule has 18 heavy (non-hydrogen) atoms. The molecule has 1 rings (SSSR count). The maximum Gasteiger partial charge on any atom is 0.261 e. The van der Waals surface area contributed by atoms with Crippen LogP contribution in [0.5, 0.6) is 0 Å². The molecule has 0 aromatic carbocycles. The summed E-state index contributed by atoms with van der Waals surface area (Å²) in [6, 6.07) is -0.619. The summed E-state index contributed by atoms with van der Waals surface area (Å²) in [5.74, 6) is -0.0581. The molecule has 3 N–H and O–H groups in total. The fourth-order valence-corrected chi connectivity index (χ4v) is 4.22. The van der Waals surface area contributed by atoms with Crippen LogP contribution in [-0.4, -0.2) is 34.4 Å². The normalized spacial score (nSPS) is 13.8. The van der Waals surface area contributed by atoms with Crippen LogP contribution in [-0.2, 0) is 17.1 Å². The van der Waals surface area contributed by atoms with Gasteiger partial charge in [0.2, 0.25) is 5.03 Å². The summed E-state index contributed by atoms with van der Waals surface area (Å²) in [6.45, 7) is 3.64. The number of nitrogens with zero attached hydrogens (tertiary/aromatic N) is 3. The number of thiocarbonyl (C=S) groups is 1. The van der Waals surface area contributed by atoms with E-state index >= 15 is 0 Å². The highest BCUT2D eigenvalue weighted by Crippen LogP contribution is 2.18. The second-order valence-electron chi connectivity index (χ2n) is 4.05. The molecule has 0 aliphatic heterocycles. The van der Waals surface area contributed by atoms with Crippen LogP contribution in [0.4, 0.5) is 0 Å². The maximum absolute atomic E-state index is 12.2. The second-order valence-corrected chi connectivity index (χ2v) is 6.91. The van der Waals surface area contributed by atoms with E-state index in [9.17, 15) is 8.42 Å². The third-order valence-corrected chi connectivity index (χ3v) is 4.83. The van der Waals surface area contributed by atoms with Crippen LogP contribution in [0, 0.1) is 5.92 Å². The van der Waals surface area contributed by atoms with Crippen molar-refractivity contribution in [2.24, 2.45) is 18.7 Å². The Morgan fingerprint density at radius 1 is 1.56 bits per heavy atom. The molecule has 0 amide bonds. The van der Waals surface area contributed by atoms with Gasteiger partial charge in [-0.3, -0.25) is 0 Å². The lowest BCUT2D eigenvalue weighted by atomic mass is 10.1. The van der Waals surface area contributed by atoms with Crippen LogP contribution >= 0.6 is 28.1 Å². The third-order valence-electron chi connectivity index (χ3n) is 2.25. The Bertz CT molecular complexity index is 534. The van der Waals surface area contributed by atoms with Crippen LogP contribution in [0.3, 0.4) is 0 Å². The molecule has 7 nitrogen and oxygen atoms in total. The van der Waals surface area contributed by atoms with Crippen molar-refractivity contribution in [3.8, 4) is 0 Å². The van der Waals surface area contributed by atoms with E-state index in [1.807, 2.05) is 13.8 Å². The topological polar surface area (TPSA) is 103 Å². The Morgan fingerprint density at radius 3 is 2.44 bits per heavy atom. The van der Waals surface area contributed by atoms with Crippen LogP contribution in [0.15, 0.2) is 9.63 Å². The second kappa shape index (κ2) is 5.59. The van der Waals surface area contributed by atoms with Crippen molar-refractivity contribution in [3.05, 3.63) is 4.60 Å². The first kappa shape index (κ1) is 15.5. The van der Waals surface area contributed by atoms with E-state index in [1.165, 1.54) is 7.05 Å². The molecule has 1 aromatic rings. The molecule has 10 heteroatoms. The van der Waals surface area contributed by atoms with Gasteiger partial charge in [-0.25, -0.2) is 13.1 Å². The molecule has 1 atom stereocenters. The van der Waals surface area contributed by atoms with E-state index in [1.54, 1.807) is 0 Å². The molecule has 1 aromatic heterocycles. The molecule has 0 spiro atoms. The molecule has 1 heterocycles. The lowest BCUT2D eigenvalue weighted by molar-refractivity contribution is 0.516. The quantitative estimate of drug-likeness (QED) is 0.729. The number of rotatable bonds is 5. The first-order valence-corrected chi connectivity index (χ1v) is 7.72. The van der Waals surface area contributed by atoms with E-state index in [0.717, 1.165) is 4.68 Å². The van der Waals surface area contributed by atoms with Gasteiger partial charge >= 0.3 is 0 Å². The molecular formula is C8H14BrN5O2S2. The Hall–Kier alpha value is -0.580. The SMILES string of the molecule is CC(C)C(NS(=O)(=O)c1c(Br)nnn1C)C(N)=S. The number of sulfonamides is 1. The molecule has 0 aliphatic carbocycles.